The summed E-state index contributed by atoms with van der Waals surface area (Å²) in [6.45, 7) is 4.09. The topological polar surface area (TPSA) is 65.8 Å². The van der Waals surface area contributed by atoms with Crippen molar-refractivity contribution in [1.29, 1.82) is 5.26 Å². The number of amides is 1. The molecule has 2 rings (SSSR count). The number of hydrogen-bond donors (Lipinski definition) is 1. The van der Waals surface area contributed by atoms with Crippen LogP contribution in [0.25, 0.3) is 0 Å². The highest BCUT2D eigenvalue weighted by molar-refractivity contribution is 8.00. The SMILES string of the molecule is C[C@H](Sc1cc(C#N)ccn1)C(=O)N[C@H]1CCCC[C@@H]1C. The van der Waals surface area contributed by atoms with E-state index >= 15 is 0 Å². The van der Waals surface area contributed by atoms with E-state index in [1.165, 1.54) is 31.0 Å². The molecular weight excluding hydrogens is 282 g/mol. The maximum absolute atomic E-state index is 12.3. The minimum absolute atomic E-state index is 0.0583. The van der Waals surface area contributed by atoms with Gasteiger partial charge in [-0.05, 0) is 37.8 Å². The third-order valence-electron chi connectivity index (χ3n) is 3.97. The van der Waals surface area contributed by atoms with Gasteiger partial charge in [-0.3, -0.25) is 4.79 Å². The Hall–Kier alpha value is -1.54. The smallest absolute Gasteiger partial charge is 0.233 e. The van der Waals surface area contributed by atoms with E-state index < -0.39 is 0 Å². The molecule has 0 saturated heterocycles. The van der Waals surface area contributed by atoms with Gasteiger partial charge in [-0.15, -0.1) is 0 Å². The van der Waals surface area contributed by atoms with Crippen LogP contribution in [0.15, 0.2) is 23.4 Å². The molecular formula is C16H21N3OS. The van der Waals surface area contributed by atoms with Gasteiger partial charge in [0.05, 0.1) is 21.9 Å². The first-order valence-corrected chi connectivity index (χ1v) is 8.31. The summed E-state index contributed by atoms with van der Waals surface area (Å²) in [5.41, 5.74) is 0.570. The van der Waals surface area contributed by atoms with Crippen LogP contribution < -0.4 is 5.32 Å². The van der Waals surface area contributed by atoms with E-state index in [1.807, 2.05) is 6.92 Å². The van der Waals surface area contributed by atoms with Gasteiger partial charge < -0.3 is 5.32 Å². The van der Waals surface area contributed by atoms with Crippen LogP contribution in [-0.4, -0.2) is 22.2 Å². The summed E-state index contributed by atoms with van der Waals surface area (Å²) in [7, 11) is 0. The quantitative estimate of drug-likeness (QED) is 0.868. The molecule has 1 N–H and O–H groups in total. The fourth-order valence-corrected chi connectivity index (χ4v) is 3.46. The van der Waals surface area contributed by atoms with Gasteiger partial charge >= 0.3 is 0 Å². The molecule has 0 aliphatic heterocycles. The van der Waals surface area contributed by atoms with Crippen molar-refractivity contribution in [2.45, 2.75) is 55.8 Å². The molecule has 0 aromatic carbocycles. The summed E-state index contributed by atoms with van der Waals surface area (Å²) >= 11 is 1.40. The molecule has 1 aromatic heterocycles. The van der Waals surface area contributed by atoms with Crippen molar-refractivity contribution in [1.82, 2.24) is 10.3 Å². The van der Waals surface area contributed by atoms with Crippen molar-refractivity contribution in [3.63, 3.8) is 0 Å². The monoisotopic (exact) mass is 303 g/mol. The highest BCUT2D eigenvalue weighted by atomic mass is 32.2. The Bertz CT molecular complexity index is 541. The van der Waals surface area contributed by atoms with E-state index in [4.69, 9.17) is 5.26 Å². The fourth-order valence-electron chi connectivity index (χ4n) is 2.61. The number of nitriles is 1. The van der Waals surface area contributed by atoms with Gasteiger partial charge in [0.25, 0.3) is 0 Å². The van der Waals surface area contributed by atoms with E-state index in [0.717, 1.165) is 6.42 Å². The second kappa shape index (κ2) is 7.46. The van der Waals surface area contributed by atoms with Gasteiger partial charge in [-0.1, -0.05) is 31.5 Å². The second-order valence-electron chi connectivity index (χ2n) is 5.63. The van der Waals surface area contributed by atoms with Crippen LogP contribution >= 0.6 is 11.8 Å². The Balaban J connectivity index is 1.91. The average molecular weight is 303 g/mol. The highest BCUT2D eigenvalue weighted by Gasteiger charge is 2.25. The number of nitrogens with one attached hydrogen (secondary N) is 1. The Morgan fingerprint density at radius 1 is 1.52 bits per heavy atom. The van der Waals surface area contributed by atoms with E-state index in [0.29, 0.717) is 22.5 Å². The maximum atomic E-state index is 12.3. The number of aromatic nitrogens is 1. The largest absolute Gasteiger partial charge is 0.352 e. The molecule has 3 atom stereocenters. The van der Waals surface area contributed by atoms with Gasteiger partial charge in [0.2, 0.25) is 5.91 Å². The number of carbonyl (C=O) groups excluding carboxylic acids is 1. The molecule has 112 valence electrons. The summed E-state index contributed by atoms with van der Waals surface area (Å²) in [5.74, 6) is 0.614. The zero-order valence-electron chi connectivity index (χ0n) is 12.5. The molecule has 1 aromatic rings. The standard InChI is InChI=1S/C16H21N3OS/c1-11-5-3-4-6-14(11)19-16(20)12(2)21-15-9-13(10-17)7-8-18-15/h7-9,11-12,14H,3-6H2,1-2H3,(H,19,20)/t11-,12-,14-/m0/s1. The summed E-state index contributed by atoms with van der Waals surface area (Å²) in [6.07, 6.45) is 6.34. The number of thioether (sulfide) groups is 1. The van der Waals surface area contributed by atoms with Crippen molar-refractivity contribution in [3.05, 3.63) is 23.9 Å². The zero-order valence-corrected chi connectivity index (χ0v) is 13.3. The fraction of sp³-hybridized carbons (Fsp3) is 0.562. The molecule has 0 radical (unpaired) electrons. The predicted molar refractivity (Wildman–Crippen MR) is 83.8 cm³/mol. The lowest BCUT2D eigenvalue weighted by atomic mass is 9.86. The van der Waals surface area contributed by atoms with E-state index in [2.05, 4.69) is 23.3 Å². The third-order valence-corrected chi connectivity index (χ3v) is 5.00. The molecule has 1 aliphatic rings. The van der Waals surface area contributed by atoms with Crippen LogP contribution in [0.2, 0.25) is 0 Å². The second-order valence-corrected chi connectivity index (χ2v) is 6.99. The minimum atomic E-state index is -0.208. The minimum Gasteiger partial charge on any atom is -0.352 e. The summed E-state index contributed by atoms with van der Waals surface area (Å²) in [4.78, 5) is 16.5. The van der Waals surface area contributed by atoms with Crippen LogP contribution in [0.1, 0.15) is 45.1 Å². The summed E-state index contributed by atoms with van der Waals surface area (Å²) < 4.78 is 0. The van der Waals surface area contributed by atoms with Crippen LogP contribution in [-0.2, 0) is 4.79 Å². The first kappa shape index (κ1) is 15.8. The molecule has 0 unspecified atom stereocenters. The van der Waals surface area contributed by atoms with E-state index in [9.17, 15) is 4.79 Å². The highest BCUT2D eigenvalue weighted by Crippen LogP contribution is 2.26. The Morgan fingerprint density at radius 3 is 3.00 bits per heavy atom. The van der Waals surface area contributed by atoms with Gasteiger partial charge in [0, 0.05) is 12.2 Å². The van der Waals surface area contributed by atoms with Crippen LogP contribution in [0.5, 0.6) is 0 Å². The lowest BCUT2D eigenvalue weighted by Gasteiger charge is -2.30. The summed E-state index contributed by atoms with van der Waals surface area (Å²) in [6, 6.07) is 5.77. The van der Waals surface area contributed by atoms with Crippen molar-refractivity contribution < 1.29 is 4.79 Å². The lowest BCUT2D eigenvalue weighted by Crippen LogP contribution is -2.44. The van der Waals surface area contributed by atoms with Gasteiger partial charge in [0.1, 0.15) is 0 Å². The molecule has 0 spiro atoms. The maximum Gasteiger partial charge on any atom is 0.233 e. The molecule has 0 bridgehead atoms. The predicted octanol–water partition coefficient (Wildman–Crippen LogP) is 3.13. The lowest BCUT2D eigenvalue weighted by molar-refractivity contribution is -0.121. The van der Waals surface area contributed by atoms with Crippen molar-refractivity contribution >= 4 is 17.7 Å². The Labute approximate surface area is 130 Å². The average Bonchev–Trinajstić information content (AvgIpc) is 2.49. The van der Waals surface area contributed by atoms with Crippen LogP contribution in [0, 0.1) is 17.2 Å². The first-order chi connectivity index (χ1) is 10.1. The zero-order chi connectivity index (χ0) is 15.2. The van der Waals surface area contributed by atoms with Gasteiger partial charge in [-0.25, -0.2) is 4.98 Å². The number of rotatable bonds is 4. The number of pyridine rings is 1. The normalized spacial score (nSPS) is 23.1. The van der Waals surface area contributed by atoms with Gasteiger partial charge in [0.15, 0.2) is 0 Å². The van der Waals surface area contributed by atoms with Crippen molar-refractivity contribution in [2.24, 2.45) is 5.92 Å². The summed E-state index contributed by atoms with van der Waals surface area (Å²) in [5, 5.41) is 12.6. The van der Waals surface area contributed by atoms with E-state index in [1.54, 1.807) is 18.3 Å². The molecule has 4 nitrogen and oxygen atoms in total. The molecule has 1 saturated carbocycles. The van der Waals surface area contributed by atoms with Crippen molar-refractivity contribution in [3.8, 4) is 6.07 Å². The molecule has 1 fully saturated rings. The molecule has 1 aliphatic carbocycles. The first-order valence-electron chi connectivity index (χ1n) is 7.43. The molecule has 21 heavy (non-hydrogen) atoms. The molecule has 1 heterocycles. The van der Waals surface area contributed by atoms with Crippen molar-refractivity contribution in [2.75, 3.05) is 0 Å². The molecule has 1 amide bonds. The van der Waals surface area contributed by atoms with Crippen LogP contribution in [0.4, 0.5) is 0 Å². The number of hydrogen-bond acceptors (Lipinski definition) is 4. The Kier molecular flexibility index (Phi) is 5.63. The van der Waals surface area contributed by atoms with Gasteiger partial charge in [-0.2, -0.15) is 5.26 Å². The van der Waals surface area contributed by atoms with E-state index in [-0.39, 0.29) is 11.2 Å². The number of nitrogens with zero attached hydrogens (tertiary/aromatic N) is 2. The third kappa shape index (κ3) is 4.47. The number of carbonyl (C=O) groups is 1. The van der Waals surface area contributed by atoms with Crippen LogP contribution in [0.3, 0.4) is 0 Å². The Morgan fingerprint density at radius 2 is 2.29 bits per heavy atom. The molecule has 5 heteroatoms.